The van der Waals surface area contributed by atoms with E-state index in [1.807, 2.05) is 55.5 Å². The van der Waals surface area contributed by atoms with Crippen LogP contribution >= 0.6 is 0 Å². The van der Waals surface area contributed by atoms with E-state index in [1.54, 1.807) is 11.8 Å². The maximum atomic E-state index is 12.6. The molecule has 0 fully saturated rings. The van der Waals surface area contributed by atoms with Crippen molar-refractivity contribution in [3.8, 4) is 5.75 Å². The molecular weight excluding hydrogens is 290 g/mol. The van der Waals surface area contributed by atoms with E-state index in [0.717, 1.165) is 16.9 Å². The van der Waals surface area contributed by atoms with Gasteiger partial charge in [-0.3, -0.25) is 4.90 Å². The fourth-order valence-electron chi connectivity index (χ4n) is 2.58. The number of amides is 2. The molecule has 1 heterocycles. The smallest absolute Gasteiger partial charge is 0.326 e. The summed E-state index contributed by atoms with van der Waals surface area (Å²) >= 11 is 0. The number of fused-ring (bicyclic) bond motifs is 1. The van der Waals surface area contributed by atoms with Crippen molar-refractivity contribution in [1.29, 1.82) is 5.41 Å². The van der Waals surface area contributed by atoms with E-state index in [2.05, 4.69) is 5.32 Å². The largest absolute Gasteiger partial charge is 0.487 e. The average Bonchev–Trinajstić information content (AvgIpc) is 2.54. The maximum absolute atomic E-state index is 12.6. The normalized spacial score (nSPS) is 16.3. The predicted octanol–water partition coefficient (Wildman–Crippen LogP) is 3.89. The highest BCUT2D eigenvalue weighted by atomic mass is 16.5. The van der Waals surface area contributed by atoms with Gasteiger partial charge in [0, 0.05) is 11.4 Å². The lowest BCUT2D eigenvalue weighted by Gasteiger charge is -2.33. The summed E-state index contributed by atoms with van der Waals surface area (Å²) in [6.45, 7) is 4.14. The molecule has 1 aliphatic heterocycles. The van der Waals surface area contributed by atoms with Gasteiger partial charge in [-0.2, -0.15) is 0 Å². The van der Waals surface area contributed by atoms with Gasteiger partial charge < -0.3 is 15.5 Å². The molecule has 2 aromatic rings. The van der Waals surface area contributed by atoms with Crippen LogP contribution in [0.3, 0.4) is 0 Å². The minimum absolute atomic E-state index is 0.106. The SMILES string of the molecule is CC(=N)c1ccc2c(c1)OC(C)CN2C(=O)Nc1ccccc1. The lowest BCUT2D eigenvalue weighted by Crippen LogP contribution is -2.44. The summed E-state index contributed by atoms with van der Waals surface area (Å²) in [5.41, 5.74) is 2.74. The van der Waals surface area contributed by atoms with E-state index < -0.39 is 0 Å². The molecule has 0 bridgehead atoms. The Morgan fingerprint density at radius 1 is 1.26 bits per heavy atom. The third-order valence-corrected chi connectivity index (χ3v) is 3.72. The number of carbonyl (C=O) groups is 1. The van der Waals surface area contributed by atoms with Crippen molar-refractivity contribution in [3.63, 3.8) is 0 Å². The van der Waals surface area contributed by atoms with E-state index in [4.69, 9.17) is 10.1 Å². The maximum Gasteiger partial charge on any atom is 0.326 e. The summed E-state index contributed by atoms with van der Waals surface area (Å²) in [4.78, 5) is 14.3. The second kappa shape index (κ2) is 6.12. The highest BCUT2D eigenvalue weighted by Gasteiger charge is 2.28. The minimum atomic E-state index is -0.188. The number of carbonyl (C=O) groups excluding carboxylic acids is 1. The first-order valence-electron chi connectivity index (χ1n) is 7.54. The van der Waals surface area contributed by atoms with Crippen LogP contribution in [0.2, 0.25) is 0 Å². The molecule has 1 atom stereocenters. The number of rotatable bonds is 2. The zero-order valence-electron chi connectivity index (χ0n) is 13.2. The summed E-state index contributed by atoms with van der Waals surface area (Å²) in [6, 6.07) is 14.7. The topological polar surface area (TPSA) is 65.4 Å². The number of ether oxygens (including phenoxy) is 1. The molecule has 2 amide bonds. The molecule has 2 aromatic carbocycles. The van der Waals surface area contributed by atoms with Crippen molar-refractivity contribution in [2.75, 3.05) is 16.8 Å². The Morgan fingerprint density at radius 3 is 2.70 bits per heavy atom. The second-order valence-electron chi connectivity index (χ2n) is 5.64. The van der Waals surface area contributed by atoms with Crippen LogP contribution in [0.15, 0.2) is 48.5 Å². The van der Waals surface area contributed by atoms with Gasteiger partial charge in [0.1, 0.15) is 11.9 Å². The monoisotopic (exact) mass is 309 g/mol. The van der Waals surface area contributed by atoms with Crippen LogP contribution in [-0.4, -0.2) is 24.4 Å². The molecule has 0 spiro atoms. The Bertz CT molecular complexity index is 743. The first-order chi connectivity index (χ1) is 11.0. The summed E-state index contributed by atoms with van der Waals surface area (Å²) in [5, 5.41) is 10.6. The predicted molar refractivity (Wildman–Crippen MR) is 91.8 cm³/mol. The molecule has 23 heavy (non-hydrogen) atoms. The van der Waals surface area contributed by atoms with Crippen molar-refractivity contribution in [2.45, 2.75) is 20.0 Å². The van der Waals surface area contributed by atoms with Gasteiger partial charge in [0.05, 0.1) is 12.2 Å². The molecule has 0 aliphatic carbocycles. The summed E-state index contributed by atoms with van der Waals surface area (Å²) in [5.74, 6) is 0.635. The number of urea groups is 1. The van der Waals surface area contributed by atoms with Gasteiger partial charge in [0.25, 0.3) is 0 Å². The molecule has 1 aliphatic rings. The van der Waals surface area contributed by atoms with Crippen LogP contribution in [0, 0.1) is 5.41 Å². The standard InChI is InChI=1S/C18H19N3O2/c1-12-11-21(18(22)20-15-6-4-3-5-7-15)16-9-8-14(13(2)19)10-17(16)23-12/h3-10,12,19H,11H2,1-2H3,(H,20,22). The molecule has 0 aromatic heterocycles. The highest BCUT2D eigenvalue weighted by Crippen LogP contribution is 2.34. The van der Waals surface area contributed by atoms with Crippen LogP contribution < -0.4 is 15.0 Å². The molecule has 5 heteroatoms. The van der Waals surface area contributed by atoms with Crippen molar-refractivity contribution in [3.05, 3.63) is 54.1 Å². The Morgan fingerprint density at radius 2 is 2.00 bits per heavy atom. The molecule has 3 rings (SSSR count). The van der Waals surface area contributed by atoms with Crippen LogP contribution in [-0.2, 0) is 0 Å². The minimum Gasteiger partial charge on any atom is -0.487 e. The molecule has 118 valence electrons. The number of hydrogen-bond acceptors (Lipinski definition) is 3. The molecule has 1 unspecified atom stereocenters. The van der Waals surface area contributed by atoms with Gasteiger partial charge in [-0.1, -0.05) is 24.3 Å². The second-order valence-corrected chi connectivity index (χ2v) is 5.64. The molecule has 5 nitrogen and oxygen atoms in total. The number of anilines is 2. The number of para-hydroxylation sites is 1. The quantitative estimate of drug-likeness (QED) is 0.826. The Balaban J connectivity index is 1.89. The average molecular weight is 309 g/mol. The van der Waals surface area contributed by atoms with Gasteiger partial charge in [-0.05, 0) is 43.7 Å². The van der Waals surface area contributed by atoms with E-state index >= 15 is 0 Å². The van der Waals surface area contributed by atoms with Gasteiger partial charge >= 0.3 is 6.03 Å². The first-order valence-corrected chi connectivity index (χ1v) is 7.54. The zero-order valence-corrected chi connectivity index (χ0v) is 13.2. The highest BCUT2D eigenvalue weighted by molar-refractivity contribution is 6.04. The molecule has 0 saturated heterocycles. The van der Waals surface area contributed by atoms with Crippen molar-refractivity contribution < 1.29 is 9.53 Å². The third-order valence-electron chi connectivity index (χ3n) is 3.72. The molecule has 0 saturated carbocycles. The van der Waals surface area contributed by atoms with Gasteiger partial charge in [0.15, 0.2) is 0 Å². The van der Waals surface area contributed by atoms with Gasteiger partial charge in [0.2, 0.25) is 0 Å². The van der Waals surface area contributed by atoms with E-state index in [1.165, 1.54) is 0 Å². The van der Waals surface area contributed by atoms with Crippen molar-refractivity contribution in [1.82, 2.24) is 0 Å². The van der Waals surface area contributed by atoms with E-state index in [9.17, 15) is 4.79 Å². The number of hydrogen-bond donors (Lipinski definition) is 2. The number of nitrogens with one attached hydrogen (secondary N) is 2. The Labute approximate surface area is 135 Å². The Kier molecular flexibility index (Phi) is 4.02. The number of benzene rings is 2. The zero-order chi connectivity index (χ0) is 16.4. The van der Waals surface area contributed by atoms with Crippen LogP contribution in [0.1, 0.15) is 19.4 Å². The fourth-order valence-corrected chi connectivity index (χ4v) is 2.58. The van der Waals surface area contributed by atoms with Crippen LogP contribution in [0.5, 0.6) is 5.75 Å². The molecule has 0 radical (unpaired) electrons. The summed E-state index contributed by atoms with van der Waals surface area (Å²) < 4.78 is 5.83. The number of nitrogens with zero attached hydrogens (tertiary/aromatic N) is 1. The van der Waals surface area contributed by atoms with Crippen LogP contribution in [0.4, 0.5) is 16.2 Å². The third kappa shape index (κ3) is 3.18. The van der Waals surface area contributed by atoms with Gasteiger partial charge in [-0.25, -0.2) is 4.79 Å². The molecule has 2 N–H and O–H groups in total. The first kappa shape index (κ1) is 15.1. The summed E-state index contributed by atoms with van der Waals surface area (Å²) in [7, 11) is 0. The fraction of sp³-hybridized carbons (Fsp3) is 0.222. The summed E-state index contributed by atoms with van der Waals surface area (Å²) in [6.07, 6.45) is -0.106. The lowest BCUT2D eigenvalue weighted by atomic mass is 10.1. The van der Waals surface area contributed by atoms with E-state index in [-0.39, 0.29) is 12.1 Å². The Hall–Kier alpha value is -2.82. The lowest BCUT2D eigenvalue weighted by molar-refractivity contribution is 0.208. The van der Waals surface area contributed by atoms with Gasteiger partial charge in [-0.15, -0.1) is 0 Å². The molecular formula is C18H19N3O2. The van der Waals surface area contributed by atoms with Crippen LogP contribution in [0.25, 0.3) is 0 Å². The van der Waals surface area contributed by atoms with Crippen molar-refractivity contribution in [2.24, 2.45) is 0 Å². The van der Waals surface area contributed by atoms with E-state index in [0.29, 0.717) is 18.0 Å². The van der Waals surface area contributed by atoms with Crippen molar-refractivity contribution >= 4 is 23.1 Å².